The van der Waals surface area contributed by atoms with Gasteiger partial charge in [0.15, 0.2) is 6.61 Å². The molecular formula is C14H11FN4O2. The van der Waals surface area contributed by atoms with E-state index in [-0.39, 0.29) is 12.4 Å². The van der Waals surface area contributed by atoms with Crippen molar-refractivity contribution in [1.82, 2.24) is 15.1 Å². The zero-order chi connectivity index (χ0) is 14.7. The number of aromatic nitrogens is 3. The zero-order valence-electron chi connectivity index (χ0n) is 10.9. The summed E-state index contributed by atoms with van der Waals surface area (Å²) in [4.78, 5) is 8.01. The minimum Gasteiger partial charge on any atom is -0.484 e. The lowest BCUT2D eigenvalue weighted by Gasteiger charge is -2.02. The number of rotatable bonds is 4. The maximum absolute atomic E-state index is 12.8. The van der Waals surface area contributed by atoms with Crippen LogP contribution in [-0.4, -0.2) is 15.1 Å². The van der Waals surface area contributed by atoms with Crippen LogP contribution in [0.15, 0.2) is 47.1 Å². The van der Waals surface area contributed by atoms with Crippen LogP contribution in [0.3, 0.4) is 0 Å². The molecule has 2 N–H and O–H groups in total. The third-order valence-corrected chi connectivity index (χ3v) is 2.67. The Bertz CT molecular complexity index is 725. The van der Waals surface area contributed by atoms with Crippen LogP contribution in [-0.2, 0) is 6.61 Å². The van der Waals surface area contributed by atoms with Crippen molar-refractivity contribution in [2.45, 2.75) is 6.61 Å². The third kappa shape index (κ3) is 3.14. The molecule has 0 atom stereocenters. The third-order valence-electron chi connectivity index (χ3n) is 2.67. The van der Waals surface area contributed by atoms with Crippen LogP contribution >= 0.6 is 0 Å². The number of hydrogen-bond donors (Lipinski definition) is 1. The Hall–Kier alpha value is -2.96. The molecule has 0 amide bonds. The maximum Gasteiger partial charge on any atom is 0.264 e. The summed E-state index contributed by atoms with van der Waals surface area (Å²) in [5, 5.41) is 3.77. The smallest absolute Gasteiger partial charge is 0.264 e. The minimum absolute atomic E-state index is 0.123. The van der Waals surface area contributed by atoms with Crippen LogP contribution in [0.1, 0.15) is 5.89 Å². The Morgan fingerprint density at radius 3 is 2.67 bits per heavy atom. The Morgan fingerprint density at radius 1 is 1.14 bits per heavy atom. The number of pyridine rings is 1. The quantitative estimate of drug-likeness (QED) is 0.741. The van der Waals surface area contributed by atoms with Gasteiger partial charge in [0.25, 0.3) is 5.89 Å². The van der Waals surface area contributed by atoms with Crippen LogP contribution in [0.5, 0.6) is 5.75 Å². The second kappa shape index (κ2) is 5.58. The number of ether oxygens (including phenoxy) is 1. The maximum atomic E-state index is 12.8. The van der Waals surface area contributed by atoms with Crippen molar-refractivity contribution < 1.29 is 13.7 Å². The van der Waals surface area contributed by atoms with Gasteiger partial charge in [0, 0.05) is 5.69 Å². The van der Waals surface area contributed by atoms with Crippen LogP contribution in [0.25, 0.3) is 11.5 Å². The van der Waals surface area contributed by atoms with Gasteiger partial charge in [0.1, 0.15) is 17.3 Å². The van der Waals surface area contributed by atoms with Gasteiger partial charge >= 0.3 is 0 Å². The van der Waals surface area contributed by atoms with Crippen molar-refractivity contribution in [2.24, 2.45) is 0 Å². The molecule has 0 saturated heterocycles. The molecule has 6 nitrogen and oxygen atoms in total. The number of anilines is 1. The van der Waals surface area contributed by atoms with Crippen molar-refractivity contribution >= 4 is 5.69 Å². The molecule has 0 radical (unpaired) electrons. The van der Waals surface area contributed by atoms with E-state index < -0.39 is 5.82 Å². The highest BCUT2D eigenvalue weighted by molar-refractivity contribution is 5.47. The zero-order valence-corrected chi connectivity index (χ0v) is 10.9. The first kappa shape index (κ1) is 13.0. The fourth-order valence-corrected chi connectivity index (χ4v) is 1.63. The standard InChI is InChI=1S/C14H11FN4O2/c15-9-1-6-12(17-7-9)14-18-13(21-19-14)8-20-11-4-2-10(16)3-5-11/h1-7H,8,16H2. The summed E-state index contributed by atoms with van der Waals surface area (Å²) in [5.41, 5.74) is 6.67. The molecule has 3 aromatic rings. The molecular weight excluding hydrogens is 275 g/mol. The van der Waals surface area contributed by atoms with Crippen molar-refractivity contribution in [2.75, 3.05) is 5.73 Å². The van der Waals surface area contributed by atoms with Crippen molar-refractivity contribution in [3.8, 4) is 17.3 Å². The summed E-state index contributed by atoms with van der Waals surface area (Å²) < 4.78 is 23.3. The van der Waals surface area contributed by atoms with E-state index in [4.69, 9.17) is 15.0 Å². The Kier molecular flexibility index (Phi) is 3.46. The van der Waals surface area contributed by atoms with Gasteiger partial charge in [-0.1, -0.05) is 5.16 Å². The predicted octanol–water partition coefficient (Wildman–Crippen LogP) is 2.43. The van der Waals surface area contributed by atoms with Crippen LogP contribution < -0.4 is 10.5 Å². The second-order valence-electron chi connectivity index (χ2n) is 4.23. The number of benzene rings is 1. The Labute approximate surface area is 119 Å². The van der Waals surface area contributed by atoms with Crippen LogP contribution in [0.4, 0.5) is 10.1 Å². The summed E-state index contributed by atoms with van der Waals surface area (Å²) in [7, 11) is 0. The van der Waals surface area contributed by atoms with Gasteiger partial charge in [-0.15, -0.1) is 0 Å². The monoisotopic (exact) mass is 286 g/mol. The summed E-state index contributed by atoms with van der Waals surface area (Å²) in [6.45, 7) is 0.123. The highest BCUT2D eigenvalue weighted by atomic mass is 19.1. The van der Waals surface area contributed by atoms with Gasteiger partial charge < -0.3 is 15.0 Å². The molecule has 0 aliphatic carbocycles. The van der Waals surface area contributed by atoms with E-state index in [1.807, 2.05) is 0 Å². The van der Waals surface area contributed by atoms with Gasteiger partial charge in [-0.2, -0.15) is 4.98 Å². The summed E-state index contributed by atoms with van der Waals surface area (Å²) in [5.74, 6) is 0.803. The molecule has 0 fully saturated rings. The largest absolute Gasteiger partial charge is 0.484 e. The lowest BCUT2D eigenvalue weighted by Crippen LogP contribution is -1.96. The first-order valence-electron chi connectivity index (χ1n) is 6.13. The van der Waals surface area contributed by atoms with Crippen LogP contribution in [0, 0.1) is 5.82 Å². The Morgan fingerprint density at radius 2 is 1.95 bits per heavy atom. The molecule has 0 unspecified atom stereocenters. The van der Waals surface area contributed by atoms with Gasteiger partial charge in [-0.25, -0.2) is 9.37 Å². The molecule has 3 rings (SSSR count). The summed E-state index contributed by atoms with van der Waals surface area (Å²) >= 11 is 0. The number of nitrogen functional groups attached to an aromatic ring is 1. The highest BCUT2D eigenvalue weighted by Crippen LogP contribution is 2.16. The molecule has 0 bridgehead atoms. The SMILES string of the molecule is Nc1ccc(OCc2nc(-c3ccc(F)cn3)no2)cc1. The van der Waals surface area contributed by atoms with Crippen molar-refractivity contribution in [3.05, 3.63) is 54.3 Å². The average Bonchev–Trinajstić information content (AvgIpc) is 2.96. The highest BCUT2D eigenvalue weighted by Gasteiger charge is 2.10. The minimum atomic E-state index is -0.422. The number of halogens is 1. The van der Waals surface area contributed by atoms with E-state index >= 15 is 0 Å². The molecule has 0 aliphatic rings. The van der Waals surface area contributed by atoms with E-state index in [0.29, 0.717) is 23.0 Å². The number of nitrogens with zero attached hydrogens (tertiary/aromatic N) is 3. The van der Waals surface area contributed by atoms with Crippen LogP contribution in [0.2, 0.25) is 0 Å². The van der Waals surface area contributed by atoms with E-state index in [9.17, 15) is 4.39 Å². The second-order valence-corrected chi connectivity index (χ2v) is 4.23. The van der Waals surface area contributed by atoms with Gasteiger partial charge in [-0.05, 0) is 36.4 Å². The lowest BCUT2D eigenvalue weighted by molar-refractivity contribution is 0.243. The van der Waals surface area contributed by atoms with Gasteiger partial charge in [-0.3, -0.25) is 0 Å². The first-order valence-corrected chi connectivity index (χ1v) is 6.13. The fraction of sp³-hybridized carbons (Fsp3) is 0.0714. The molecule has 0 spiro atoms. The van der Waals surface area contributed by atoms with Gasteiger partial charge in [0.2, 0.25) is 5.82 Å². The summed E-state index contributed by atoms with van der Waals surface area (Å²) in [6, 6.07) is 9.71. The first-order chi connectivity index (χ1) is 10.2. The average molecular weight is 286 g/mol. The van der Waals surface area contributed by atoms with E-state index in [2.05, 4.69) is 15.1 Å². The molecule has 1 aromatic carbocycles. The number of hydrogen-bond acceptors (Lipinski definition) is 6. The fourth-order valence-electron chi connectivity index (χ4n) is 1.63. The van der Waals surface area contributed by atoms with E-state index in [1.54, 1.807) is 24.3 Å². The van der Waals surface area contributed by atoms with Crippen molar-refractivity contribution in [1.29, 1.82) is 0 Å². The Balaban J connectivity index is 1.67. The molecule has 106 valence electrons. The van der Waals surface area contributed by atoms with E-state index in [0.717, 1.165) is 6.20 Å². The molecule has 2 aromatic heterocycles. The lowest BCUT2D eigenvalue weighted by atomic mass is 10.3. The molecule has 0 aliphatic heterocycles. The van der Waals surface area contributed by atoms with E-state index in [1.165, 1.54) is 12.1 Å². The predicted molar refractivity (Wildman–Crippen MR) is 72.7 cm³/mol. The molecule has 2 heterocycles. The molecule has 0 saturated carbocycles. The van der Waals surface area contributed by atoms with Gasteiger partial charge in [0.05, 0.1) is 6.20 Å². The molecule has 7 heteroatoms. The summed E-state index contributed by atoms with van der Waals surface area (Å²) in [6.07, 6.45) is 1.09. The molecule has 21 heavy (non-hydrogen) atoms. The normalized spacial score (nSPS) is 10.5. The van der Waals surface area contributed by atoms with Crippen molar-refractivity contribution in [3.63, 3.8) is 0 Å². The topological polar surface area (TPSA) is 87.1 Å². The number of nitrogens with two attached hydrogens (primary N) is 1.